The lowest BCUT2D eigenvalue weighted by Gasteiger charge is -2.07. The van der Waals surface area contributed by atoms with Crippen LogP contribution in [-0.4, -0.2) is 10.9 Å². The van der Waals surface area contributed by atoms with Gasteiger partial charge in [-0.05, 0) is 83.6 Å². The molecular formula is C21H14ClIN2O2. The molecule has 1 N–H and O–H groups in total. The molecule has 4 nitrogen and oxygen atoms in total. The van der Waals surface area contributed by atoms with Crippen LogP contribution in [0.5, 0.6) is 0 Å². The van der Waals surface area contributed by atoms with Crippen molar-refractivity contribution in [3.63, 3.8) is 0 Å². The summed E-state index contributed by atoms with van der Waals surface area (Å²) in [5, 5.41) is 3.29. The third-order valence-corrected chi connectivity index (χ3v) is 5.07. The number of nitrogens with one attached hydrogen (secondary N) is 1. The predicted octanol–water partition coefficient (Wildman–Crippen LogP) is 6.31. The number of hydrogen-bond acceptors (Lipinski definition) is 3. The number of anilines is 1. The van der Waals surface area contributed by atoms with Gasteiger partial charge in [-0.25, -0.2) is 4.98 Å². The van der Waals surface area contributed by atoms with Gasteiger partial charge in [-0.15, -0.1) is 0 Å². The smallest absolute Gasteiger partial charge is 0.257 e. The molecule has 0 spiro atoms. The van der Waals surface area contributed by atoms with E-state index in [2.05, 4.69) is 32.9 Å². The first-order chi connectivity index (χ1) is 13.0. The molecule has 0 aliphatic heterocycles. The first kappa shape index (κ1) is 18.0. The fourth-order valence-corrected chi connectivity index (χ4v) is 3.62. The van der Waals surface area contributed by atoms with Gasteiger partial charge in [0.15, 0.2) is 5.58 Å². The largest absolute Gasteiger partial charge is 0.436 e. The quantitative estimate of drug-likeness (QED) is 0.344. The van der Waals surface area contributed by atoms with Crippen LogP contribution in [0.4, 0.5) is 5.69 Å². The van der Waals surface area contributed by atoms with Crippen molar-refractivity contribution in [3.05, 3.63) is 80.4 Å². The molecule has 4 rings (SSSR count). The molecule has 3 aromatic carbocycles. The maximum atomic E-state index is 12.5. The van der Waals surface area contributed by atoms with Crippen molar-refractivity contribution in [3.8, 4) is 11.5 Å². The SMILES string of the molecule is Cc1ccc(C(=O)Nc2ccc3oc(-c4cccc(I)c4)nc3c2)c(Cl)c1. The van der Waals surface area contributed by atoms with Crippen LogP contribution in [0, 0.1) is 10.5 Å². The standard InChI is InChI=1S/C21H14ClIN2O2/c1-12-5-7-16(17(22)9-12)20(26)24-15-6-8-19-18(11-15)25-21(27-19)13-3-2-4-14(23)10-13/h2-11H,1H3,(H,24,26). The zero-order valence-electron chi connectivity index (χ0n) is 14.3. The van der Waals surface area contributed by atoms with E-state index in [0.717, 1.165) is 14.7 Å². The summed E-state index contributed by atoms with van der Waals surface area (Å²) in [6, 6.07) is 18.6. The van der Waals surface area contributed by atoms with Gasteiger partial charge in [-0.2, -0.15) is 0 Å². The fourth-order valence-electron chi connectivity index (χ4n) is 2.75. The first-order valence-corrected chi connectivity index (χ1v) is 9.69. The number of carbonyl (C=O) groups excluding carboxylic acids is 1. The van der Waals surface area contributed by atoms with E-state index in [4.69, 9.17) is 16.0 Å². The van der Waals surface area contributed by atoms with Crippen LogP contribution >= 0.6 is 34.2 Å². The summed E-state index contributed by atoms with van der Waals surface area (Å²) in [7, 11) is 0. The fraction of sp³-hybridized carbons (Fsp3) is 0.0476. The Morgan fingerprint density at radius 1 is 1.11 bits per heavy atom. The number of oxazole rings is 1. The van der Waals surface area contributed by atoms with Crippen LogP contribution in [0.25, 0.3) is 22.6 Å². The molecule has 0 atom stereocenters. The Balaban J connectivity index is 1.62. The van der Waals surface area contributed by atoms with E-state index < -0.39 is 0 Å². The monoisotopic (exact) mass is 488 g/mol. The third kappa shape index (κ3) is 3.84. The molecule has 27 heavy (non-hydrogen) atoms. The van der Waals surface area contributed by atoms with Crippen LogP contribution in [-0.2, 0) is 0 Å². The van der Waals surface area contributed by atoms with Crippen molar-refractivity contribution in [2.24, 2.45) is 0 Å². The van der Waals surface area contributed by atoms with Gasteiger partial charge in [0, 0.05) is 14.8 Å². The zero-order valence-corrected chi connectivity index (χ0v) is 17.2. The summed E-state index contributed by atoms with van der Waals surface area (Å²) in [6.45, 7) is 1.93. The normalized spacial score (nSPS) is 10.9. The zero-order chi connectivity index (χ0) is 19.0. The average molecular weight is 489 g/mol. The Kier molecular flexibility index (Phi) is 4.88. The number of amides is 1. The van der Waals surface area contributed by atoms with Gasteiger partial charge in [0.25, 0.3) is 5.91 Å². The maximum absolute atomic E-state index is 12.5. The average Bonchev–Trinajstić information content (AvgIpc) is 3.05. The molecule has 0 saturated heterocycles. The summed E-state index contributed by atoms with van der Waals surface area (Å²) < 4.78 is 6.94. The van der Waals surface area contributed by atoms with E-state index >= 15 is 0 Å². The molecule has 0 saturated carbocycles. The lowest BCUT2D eigenvalue weighted by molar-refractivity contribution is 0.102. The van der Waals surface area contributed by atoms with Crippen LogP contribution in [0.2, 0.25) is 5.02 Å². The molecule has 134 valence electrons. The minimum absolute atomic E-state index is 0.263. The van der Waals surface area contributed by atoms with Crippen molar-refractivity contribution in [2.75, 3.05) is 5.32 Å². The number of aromatic nitrogens is 1. The summed E-state index contributed by atoms with van der Waals surface area (Å²) in [5.74, 6) is 0.286. The van der Waals surface area contributed by atoms with E-state index in [1.807, 2.05) is 37.3 Å². The molecule has 4 aromatic rings. The number of benzene rings is 3. The van der Waals surface area contributed by atoms with Gasteiger partial charge < -0.3 is 9.73 Å². The highest BCUT2D eigenvalue weighted by atomic mass is 127. The first-order valence-electron chi connectivity index (χ1n) is 8.23. The molecule has 6 heteroatoms. The molecule has 0 radical (unpaired) electrons. The molecule has 0 bridgehead atoms. The number of halogens is 2. The highest BCUT2D eigenvalue weighted by Gasteiger charge is 2.13. The summed E-state index contributed by atoms with van der Waals surface area (Å²) in [5.41, 5.74) is 4.32. The second kappa shape index (κ2) is 7.32. The van der Waals surface area contributed by atoms with Gasteiger partial charge in [-0.3, -0.25) is 4.79 Å². The Morgan fingerprint density at radius 2 is 1.96 bits per heavy atom. The number of aryl methyl sites for hydroxylation is 1. The third-order valence-electron chi connectivity index (χ3n) is 4.09. The predicted molar refractivity (Wildman–Crippen MR) is 116 cm³/mol. The highest BCUT2D eigenvalue weighted by molar-refractivity contribution is 14.1. The number of carbonyl (C=O) groups is 1. The van der Waals surface area contributed by atoms with Crippen molar-refractivity contribution < 1.29 is 9.21 Å². The van der Waals surface area contributed by atoms with Crippen molar-refractivity contribution >= 4 is 56.9 Å². The number of rotatable bonds is 3. The second-order valence-electron chi connectivity index (χ2n) is 6.15. The van der Waals surface area contributed by atoms with E-state index in [0.29, 0.717) is 33.3 Å². The lowest BCUT2D eigenvalue weighted by atomic mass is 10.1. The maximum Gasteiger partial charge on any atom is 0.257 e. The second-order valence-corrected chi connectivity index (χ2v) is 7.80. The van der Waals surface area contributed by atoms with Crippen LogP contribution in [0.3, 0.4) is 0 Å². The van der Waals surface area contributed by atoms with Crippen molar-refractivity contribution in [1.29, 1.82) is 0 Å². The number of hydrogen-bond donors (Lipinski definition) is 1. The van der Waals surface area contributed by atoms with Crippen LogP contribution in [0.1, 0.15) is 15.9 Å². The lowest BCUT2D eigenvalue weighted by Crippen LogP contribution is -2.12. The number of nitrogens with zero attached hydrogens (tertiary/aromatic N) is 1. The Morgan fingerprint density at radius 3 is 2.74 bits per heavy atom. The van der Waals surface area contributed by atoms with E-state index in [1.54, 1.807) is 30.3 Å². The van der Waals surface area contributed by atoms with Crippen molar-refractivity contribution in [1.82, 2.24) is 4.98 Å². The molecule has 0 aliphatic carbocycles. The van der Waals surface area contributed by atoms with Gasteiger partial charge in [0.1, 0.15) is 5.52 Å². The van der Waals surface area contributed by atoms with Gasteiger partial charge in [0.05, 0.1) is 10.6 Å². The van der Waals surface area contributed by atoms with Crippen molar-refractivity contribution in [2.45, 2.75) is 6.92 Å². The van der Waals surface area contributed by atoms with Crippen LogP contribution < -0.4 is 5.32 Å². The minimum Gasteiger partial charge on any atom is -0.436 e. The Labute approximate surface area is 174 Å². The number of fused-ring (bicyclic) bond motifs is 1. The molecule has 1 heterocycles. The molecule has 0 unspecified atom stereocenters. The minimum atomic E-state index is -0.263. The Bertz CT molecular complexity index is 1170. The van der Waals surface area contributed by atoms with Crippen LogP contribution in [0.15, 0.2) is 65.1 Å². The topological polar surface area (TPSA) is 55.1 Å². The molecular weight excluding hydrogens is 475 g/mol. The van der Waals surface area contributed by atoms with E-state index in [-0.39, 0.29) is 5.91 Å². The molecule has 0 fully saturated rings. The molecule has 0 aliphatic rings. The van der Waals surface area contributed by atoms with E-state index in [9.17, 15) is 4.79 Å². The van der Waals surface area contributed by atoms with E-state index in [1.165, 1.54) is 0 Å². The van der Waals surface area contributed by atoms with Gasteiger partial charge in [0.2, 0.25) is 5.89 Å². The van der Waals surface area contributed by atoms with Gasteiger partial charge >= 0.3 is 0 Å². The van der Waals surface area contributed by atoms with Gasteiger partial charge in [-0.1, -0.05) is 23.7 Å². The molecule has 1 amide bonds. The highest BCUT2D eigenvalue weighted by Crippen LogP contribution is 2.27. The summed E-state index contributed by atoms with van der Waals surface area (Å²) in [6.07, 6.45) is 0. The summed E-state index contributed by atoms with van der Waals surface area (Å²) in [4.78, 5) is 17.1. The summed E-state index contributed by atoms with van der Waals surface area (Å²) >= 11 is 8.43. The molecule has 1 aromatic heterocycles. The Hall–Kier alpha value is -2.38.